The molecule has 0 radical (unpaired) electrons. The van der Waals surface area contributed by atoms with Crippen molar-refractivity contribution in [3.05, 3.63) is 47.9 Å². The first-order valence-corrected chi connectivity index (χ1v) is 5.27. The summed E-state index contributed by atoms with van der Waals surface area (Å²) < 4.78 is 4.98. The zero-order valence-electron chi connectivity index (χ0n) is 9.64. The Balaban J connectivity index is 2.37. The maximum atomic E-state index is 12.0. The predicted molar refractivity (Wildman–Crippen MR) is 64.6 cm³/mol. The van der Waals surface area contributed by atoms with E-state index in [-0.39, 0.29) is 23.0 Å². The highest BCUT2D eigenvalue weighted by molar-refractivity contribution is 6.09. The van der Waals surface area contributed by atoms with Crippen LogP contribution in [0, 0.1) is 0 Å². The molecule has 0 aliphatic carbocycles. The Bertz CT molecular complexity index is 587. The largest absolute Gasteiger partial charge is 0.507 e. The Labute approximate surface area is 103 Å². The molecule has 0 bridgehead atoms. The Morgan fingerprint density at radius 2 is 2.06 bits per heavy atom. The van der Waals surface area contributed by atoms with Crippen LogP contribution in [0.5, 0.6) is 5.75 Å². The quantitative estimate of drug-likeness (QED) is 0.641. The van der Waals surface area contributed by atoms with Gasteiger partial charge in [0.05, 0.1) is 11.8 Å². The number of benzene rings is 1. The van der Waals surface area contributed by atoms with Gasteiger partial charge in [-0.3, -0.25) is 9.59 Å². The van der Waals surface area contributed by atoms with Gasteiger partial charge in [0.2, 0.25) is 11.7 Å². The number of phenolic OH excluding ortho intramolecular Hbond substituents is 1. The molecule has 0 saturated heterocycles. The van der Waals surface area contributed by atoms with Crippen LogP contribution in [0.4, 0.5) is 5.69 Å². The zero-order chi connectivity index (χ0) is 13.1. The summed E-state index contributed by atoms with van der Waals surface area (Å²) in [5.41, 5.74) is 0.520. The minimum Gasteiger partial charge on any atom is -0.507 e. The van der Waals surface area contributed by atoms with Gasteiger partial charge in [0.25, 0.3) is 0 Å². The molecule has 2 aromatic rings. The van der Waals surface area contributed by atoms with E-state index in [4.69, 9.17) is 4.42 Å². The molecule has 1 aromatic carbocycles. The lowest BCUT2D eigenvalue weighted by atomic mass is 10.1. The van der Waals surface area contributed by atoms with E-state index in [1.54, 1.807) is 6.07 Å². The fourth-order valence-corrected chi connectivity index (χ4v) is 1.54. The second kappa shape index (κ2) is 4.75. The summed E-state index contributed by atoms with van der Waals surface area (Å²) in [6, 6.07) is 7.35. The number of furan rings is 1. The molecule has 5 nitrogen and oxygen atoms in total. The number of hydrogen-bond acceptors (Lipinski definition) is 4. The lowest BCUT2D eigenvalue weighted by Gasteiger charge is -2.06. The SMILES string of the molecule is CC(=O)Nc1ccc(O)c(C(=O)c2ccco2)c1. The smallest absolute Gasteiger partial charge is 0.231 e. The van der Waals surface area contributed by atoms with Crippen molar-refractivity contribution >= 4 is 17.4 Å². The van der Waals surface area contributed by atoms with Crippen LogP contribution in [0.2, 0.25) is 0 Å². The molecule has 1 aromatic heterocycles. The molecule has 1 amide bonds. The average molecular weight is 245 g/mol. The highest BCUT2D eigenvalue weighted by atomic mass is 16.3. The highest BCUT2D eigenvalue weighted by Crippen LogP contribution is 2.24. The van der Waals surface area contributed by atoms with E-state index >= 15 is 0 Å². The number of phenols is 1. The normalized spacial score (nSPS) is 10.1. The van der Waals surface area contributed by atoms with Crippen molar-refractivity contribution in [1.82, 2.24) is 0 Å². The third-order valence-electron chi connectivity index (χ3n) is 2.31. The molecule has 0 spiro atoms. The number of carbonyl (C=O) groups is 2. The number of ketones is 1. The molecule has 1 heterocycles. The maximum Gasteiger partial charge on any atom is 0.231 e. The summed E-state index contributed by atoms with van der Waals surface area (Å²) >= 11 is 0. The fourth-order valence-electron chi connectivity index (χ4n) is 1.54. The van der Waals surface area contributed by atoms with Gasteiger partial charge in [0.15, 0.2) is 5.76 Å². The molecule has 0 fully saturated rings. The van der Waals surface area contributed by atoms with Gasteiger partial charge in [0, 0.05) is 12.6 Å². The van der Waals surface area contributed by atoms with Crippen LogP contribution in [-0.2, 0) is 4.79 Å². The number of rotatable bonds is 3. The third kappa shape index (κ3) is 2.40. The highest BCUT2D eigenvalue weighted by Gasteiger charge is 2.16. The van der Waals surface area contributed by atoms with E-state index < -0.39 is 5.78 Å². The van der Waals surface area contributed by atoms with Crippen LogP contribution in [-0.4, -0.2) is 16.8 Å². The Hall–Kier alpha value is -2.56. The van der Waals surface area contributed by atoms with Crippen LogP contribution < -0.4 is 5.32 Å². The number of carbonyl (C=O) groups excluding carboxylic acids is 2. The first-order chi connectivity index (χ1) is 8.58. The summed E-state index contributed by atoms with van der Waals surface area (Å²) in [7, 11) is 0. The lowest BCUT2D eigenvalue weighted by molar-refractivity contribution is -0.114. The second-order valence-electron chi connectivity index (χ2n) is 3.72. The second-order valence-corrected chi connectivity index (χ2v) is 3.72. The Morgan fingerprint density at radius 1 is 1.28 bits per heavy atom. The molecule has 2 N–H and O–H groups in total. The van der Waals surface area contributed by atoms with Crippen molar-refractivity contribution in [2.75, 3.05) is 5.32 Å². The monoisotopic (exact) mass is 245 g/mol. The molecule has 0 unspecified atom stereocenters. The maximum absolute atomic E-state index is 12.0. The Kier molecular flexibility index (Phi) is 3.14. The molecule has 0 saturated carbocycles. The minimum absolute atomic E-state index is 0.0798. The van der Waals surface area contributed by atoms with Crippen LogP contribution in [0.1, 0.15) is 23.0 Å². The van der Waals surface area contributed by atoms with E-state index in [1.165, 1.54) is 37.5 Å². The van der Waals surface area contributed by atoms with Gasteiger partial charge in [-0.15, -0.1) is 0 Å². The molecule has 5 heteroatoms. The van der Waals surface area contributed by atoms with Gasteiger partial charge < -0.3 is 14.8 Å². The predicted octanol–water partition coefficient (Wildman–Crippen LogP) is 2.17. The van der Waals surface area contributed by atoms with Gasteiger partial charge in [-0.2, -0.15) is 0 Å². The summed E-state index contributed by atoms with van der Waals surface area (Å²) in [6.45, 7) is 1.36. The summed E-state index contributed by atoms with van der Waals surface area (Å²) in [4.78, 5) is 22.9. The van der Waals surface area contributed by atoms with Crippen LogP contribution >= 0.6 is 0 Å². The third-order valence-corrected chi connectivity index (χ3v) is 2.31. The number of hydrogen-bond donors (Lipinski definition) is 2. The van der Waals surface area contributed by atoms with Gasteiger partial charge in [-0.25, -0.2) is 0 Å². The van der Waals surface area contributed by atoms with Gasteiger partial charge >= 0.3 is 0 Å². The Morgan fingerprint density at radius 3 is 2.67 bits per heavy atom. The zero-order valence-corrected chi connectivity index (χ0v) is 9.64. The number of nitrogens with one attached hydrogen (secondary N) is 1. The molecular formula is C13H11NO4. The average Bonchev–Trinajstić information content (AvgIpc) is 2.83. The van der Waals surface area contributed by atoms with Crippen molar-refractivity contribution in [3.8, 4) is 5.75 Å². The number of amides is 1. The summed E-state index contributed by atoms with van der Waals surface area (Å²) in [5.74, 6) is -0.724. The minimum atomic E-state index is -0.440. The lowest BCUT2D eigenvalue weighted by Crippen LogP contribution is -2.07. The summed E-state index contributed by atoms with van der Waals surface area (Å²) in [5, 5.41) is 12.2. The van der Waals surface area contributed by atoms with E-state index in [0.29, 0.717) is 5.69 Å². The van der Waals surface area contributed by atoms with Crippen LogP contribution in [0.25, 0.3) is 0 Å². The van der Waals surface area contributed by atoms with E-state index in [9.17, 15) is 14.7 Å². The molecule has 18 heavy (non-hydrogen) atoms. The van der Waals surface area contributed by atoms with Crippen molar-refractivity contribution in [1.29, 1.82) is 0 Å². The van der Waals surface area contributed by atoms with Crippen molar-refractivity contribution in [2.45, 2.75) is 6.92 Å². The molecule has 0 aliphatic rings. The molecule has 0 atom stereocenters. The molecule has 0 aliphatic heterocycles. The van der Waals surface area contributed by atoms with Crippen molar-refractivity contribution in [3.63, 3.8) is 0 Å². The standard InChI is InChI=1S/C13H11NO4/c1-8(15)14-9-4-5-11(16)10(7-9)13(17)12-3-2-6-18-12/h2-7,16H,1H3,(H,14,15). The van der Waals surface area contributed by atoms with Crippen molar-refractivity contribution in [2.24, 2.45) is 0 Å². The number of anilines is 1. The number of aromatic hydroxyl groups is 1. The summed E-state index contributed by atoms with van der Waals surface area (Å²) in [6.07, 6.45) is 1.38. The van der Waals surface area contributed by atoms with Gasteiger partial charge in [-0.1, -0.05) is 0 Å². The van der Waals surface area contributed by atoms with Gasteiger partial charge in [-0.05, 0) is 30.3 Å². The van der Waals surface area contributed by atoms with Crippen molar-refractivity contribution < 1.29 is 19.1 Å². The molecule has 92 valence electrons. The fraction of sp³-hybridized carbons (Fsp3) is 0.0769. The molecular weight excluding hydrogens is 234 g/mol. The van der Waals surface area contributed by atoms with Gasteiger partial charge in [0.1, 0.15) is 5.75 Å². The van der Waals surface area contributed by atoms with E-state index in [0.717, 1.165) is 0 Å². The van der Waals surface area contributed by atoms with Crippen LogP contribution in [0.15, 0.2) is 41.0 Å². The first-order valence-electron chi connectivity index (χ1n) is 5.27. The van der Waals surface area contributed by atoms with E-state index in [1.807, 2.05) is 0 Å². The first kappa shape index (κ1) is 11.9. The topological polar surface area (TPSA) is 79.5 Å². The molecule has 2 rings (SSSR count). The van der Waals surface area contributed by atoms with Crippen LogP contribution in [0.3, 0.4) is 0 Å². The van der Waals surface area contributed by atoms with E-state index in [2.05, 4.69) is 5.32 Å².